The summed E-state index contributed by atoms with van der Waals surface area (Å²) in [5.41, 5.74) is 5.60. The van der Waals surface area contributed by atoms with Gasteiger partial charge in [0.05, 0.1) is 35.7 Å². The second-order valence-corrected chi connectivity index (χ2v) is 9.47. The van der Waals surface area contributed by atoms with Crippen molar-refractivity contribution in [2.45, 2.75) is 12.1 Å². The van der Waals surface area contributed by atoms with Gasteiger partial charge in [-0.3, -0.25) is 9.36 Å². The lowest BCUT2D eigenvalue weighted by atomic mass is 10.1. The van der Waals surface area contributed by atoms with E-state index in [1.165, 1.54) is 11.8 Å². The van der Waals surface area contributed by atoms with Crippen LogP contribution in [0.15, 0.2) is 77.0 Å². The summed E-state index contributed by atoms with van der Waals surface area (Å²) >= 11 is 13.3. The molecule has 4 aromatic rings. The summed E-state index contributed by atoms with van der Waals surface area (Å²) in [6.45, 7) is 1.77. The Labute approximate surface area is 228 Å². The number of carbonyl (C=O) groups excluding carboxylic acids is 1. The van der Waals surface area contributed by atoms with Gasteiger partial charge in [-0.1, -0.05) is 41.0 Å². The number of nitrogens with one attached hydrogen (secondary N) is 1. The minimum atomic E-state index is -0.292. The molecule has 0 spiro atoms. The zero-order valence-electron chi connectivity index (χ0n) is 20.2. The molecule has 0 unspecified atom stereocenters. The molecule has 0 aliphatic heterocycles. The highest BCUT2D eigenvalue weighted by atomic mass is 35.5. The number of thioether (sulfide) groups is 1. The number of hydrogen-bond donors (Lipinski definition) is 1. The zero-order chi connectivity index (χ0) is 26.4. The molecule has 1 amide bonds. The summed E-state index contributed by atoms with van der Waals surface area (Å²) in [6, 6.07) is 20.2. The first kappa shape index (κ1) is 26.5. The molecule has 11 heteroatoms. The lowest BCUT2D eigenvalue weighted by Gasteiger charge is -2.11. The Bertz CT molecular complexity index is 1420. The average Bonchev–Trinajstić information content (AvgIpc) is 3.36. The SMILES string of the molecule is COc1ccc(-c2nnc(SCC(=O)N/N=C(\C)c3ccc(Cl)c(Cl)c3)n2-c2ccc(OC)cc2)cc1. The van der Waals surface area contributed by atoms with Crippen LogP contribution in [0.3, 0.4) is 0 Å². The molecule has 0 bridgehead atoms. The van der Waals surface area contributed by atoms with Crippen molar-refractivity contribution in [1.82, 2.24) is 20.2 Å². The van der Waals surface area contributed by atoms with Crippen molar-refractivity contribution < 1.29 is 14.3 Å². The number of hydrazone groups is 1. The van der Waals surface area contributed by atoms with Crippen LogP contribution >= 0.6 is 35.0 Å². The Morgan fingerprint density at radius 3 is 2.22 bits per heavy atom. The van der Waals surface area contributed by atoms with Crippen LogP contribution in [0.25, 0.3) is 17.1 Å². The van der Waals surface area contributed by atoms with Gasteiger partial charge in [-0.25, -0.2) is 5.43 Å². The maximum atomic E-state index is 12.6. The van der Waals surface area contributed by atoms with Crippen molar-refractivity contribution in [3.63, 3.8) is 0 Å². The Kier molecular flexibility index (Phi) is 8.70. The summed E-state index contributed by atoms with van der Waals surface area (Å²) in [4.78, 5) is 12.6. The van der Waals surface area contributed by atoms with Gasteiger partial charge < -0.3 is 9.47 Å². The molecule has 0 atom stereocenters. The smallest absolute Gasteiger partial charge is 0.250 e. The molecule has 1 heterocycles. The van der Waals surface area contributed by atoms with Crippen molar-refractivity contribution in [2.24, 2.45) is 5.10 Å². The minimum absolute atomic E-state index is 0.0784. The molecular weight excluding hydrogens is 533 g/mol. The van der Waals surface area contributed by atoms with Gasteiger partial charge in [0.15, 0.2) is 11.0 Å². The first-order valence-corrected chi connectivity index (χ1v) is 12.8. The lowest BCUT2D eigenvalue weighted by molar-refractivity contribution is -0.118. The van der Waals surface area contributed by atoms with E-state index in [0.717, 1.165) is 28.3 Å². The summed E-state index contributed by atoms with van der Waals surface area (Å²) < 4.78 is 12.4. The summed E-state index contributed by atoms with van der Waals surface area (Å²) in [5, 5.41) is 14.4. The maximum absolute atomic E-state index is 12.6. The van der Waals surface area contributed by atoms with E-state index < -0.39 is 0 Å². The van der Waals surface area contributed by atoms with E-state index >= 15 is 0 Å². The third-order valence-electron chi connectivity index (χ3n) is 5.33. The van der Waals surface area contributed by atoms with Crippen molar-refractivity contribution in [1.29, 1.82) is 0 Å². The monoisotopic (exact) mass is 555 g/mol. The van der Waals surface area contributed by atoms with Crippen molar-refractivity contribution in [2.75, 3.05) is 20.0 Å². The molecule has 190 valence electrons. The third-order valence-corrected chi connectivity index (χ3v) is 7.00. The van der Waals surface area contributed by atoms with Gasteiger partial charge in [-0.15, -0.1) is 10.2 Å². The number of halogens is 2. The van der Waals surface area contributed by atoms with Gasteiger partial charge in [0.2, 0.25) is 0 Å². The van der Waals surface area contributed by atoms with E-state index in [0.29, 0.717) is 26.7 Å². The Morgan fingerprint density at radius 1 is 0.946 bits per heavy atom. The van der Waals surface area contributed by atoms with Crippen molar-refractivity contribution in [3.05, 3.63) is 82.3 Å². The largest absolute Gasteiger partial charge is 0.497 e. The Morgan fingerprint density at radius 2 is 1.59 bits per heavy atom. The molecule has 1 N–H and O–H groups in total. The average molecular weight is 556 g/mol. The maximum Gasteiger partial charge on any atom is 0.250 e. The molecule has 8 nitrogen and oxygen atoms in total. The summed E-state index contributed by atoms with van der Waals surface area (Å²) in [5.74, 6) is 1.88. The number of hydrogen-bond acceptors (Lipinski definition) is 7. The molecule has 0 aliphatic carbocycles. The molecule has 3 aromatic carbocycles. The standard InChI is InChI=1S/C26H23Cl2N5O3S/c1-16(18-6-13-22(27)23(28)14-18)29-30-24(34)15-37-26-32-31-25(17-4-9-20(35-2)10-5-17)33(26)19-7-11-21(36-3)12-8-19/h4-14H,15H2,1-3H3,(H,30,34)/b29-16+. The number of rotatable bonds is 9. The lowest BCUT2D eigenvalue weighted by Crippen LogP contribution is -2.21. The molecule has 1 aromatic heterocycles. The first-order chi connectivity index (χ1) is 17.9. The zero-order valence-corrected chi connectivity index (χ0v) is 22.6. The second-order valence-electron chi connectivity index (χ2n) is 7.72. The molecule has 4 rings (SSSR count). The van der Waals surface area contributed by atoms with Gasteiger partial charge in [0.25, 0.3) is 5.91 Å². The highest BCUT2D eigenvalue weighted by Gasteiger charge is 2.18. The normalized spacial score (nSPS) is 11.3. The van der Waals surface area contributed by atoms with Crippen LogP contribution in [-0.2, 0) is 4.79 Å². The van der Waals surface area contributed by atoms with Gasteiger partial charge in [-0.05, 0) is 73.2 Å². The fraction of sp³-hybridized carbons (Fsp3) is 0.154. The van der Waals surface area contributed by atoms with Gasteiger partial charge in [0.1, 0.15) is 11.5 Å². The first-order valence-electron chi connectivity index (χ1n) is 11.0. The van der Waals surface area contributed by atoms with Gasteiger partial charge in [-0.2, -0.15) is 5.10 Å². The number of carbonyl (C=O) groups is 1. The molecular formula is C26H23Cl2N5O3S. The van der Waals surface area contributed by atoms with Crippen LogP contribution in [0.2, 0.25) is 10.0 Å². The second kappa shape index (κ2) is 12.1. The molecule has 37 heavy (non-hydrogen) atoms. The van der Waals surface area contributed by atoms with Crippen LogP contribution in [0.5, 0.6) is 11.5 Å². The van der Waals surface area contributed by atoms with Crippen LogP contribution < -0.4 is 14.9 Å². The molecule has 0 saturated carbocycles. The molecule has 0 aliphatic rings. The van der Waals surface area contributed by atoms with Crippen LogP contribution in [0, 0.1) is 0 Å². The van der Waals surface area contributed by atoms with E-state index in [1.54, 1.807) is 39.3 Å². The Hall–Kier alpha value is -3.53. The van der Waals surface area contributed by atoms with E-state index in [2.05, 4.69) is 20.7 Å². The van der Waals surface area contributed by atoms with E-state index in [-0.39, 0.29) is 11.7 Å². The van der Waals surface area contributed by atoms with Crippen LogP contribution in [-0.4, -0.2) is 46.4 Å². The Balaban J connectivity index is 1.54. The minimum Gasteiger partial charge on any atom is -0.497 e. The predicted octanol–water partition coefficient (Wildman–Crippen LogP) is 5.89. The van der Waals surface area contributed by atoms with Gasteiger partial charge >= 0.3 is 0 Å². The molecule has 0 saturated heterocycles. The predicted molar refractivity (Wildman–Crippen MR) is 147 cm³/mol. The van der Waals surface area contributed by atoms with Gasteiger partial charge in [0, 0.05) is 11.3 Å². The van der Waals surface area contributed by atoms with E-state index in [9.17, 15) is 4.79 Å². The van der Waals surface area contributed by atoms with E-state index in [1.807, 2.05) is 53.1 Å². The van der Waals surface area contributed by atoms with E-state index in [4.69, 9.17) is 32.7 Å². The molecule has 0 fully saturated rings. The van der Waals surface area contributed by atoms with Crippen LogP contribution in [0.1, 0.15) is 12.5 Å². The molecule has 0 radical (unpaired) electrons. The fourth-order valence-corrected chi connectivity index (χ4v) is 4.39. The fourth-order valence-electron chi connectivity index (χ4n) is 3.35. The summed E-state index contributed by atoms with van der Waals surface area (Å²) in [7, 11) is 3.23. The number of aromatic nitrogens is 3. The topological polar surface area (TPSA) is 90.6 Å². The number of benzene rings is 3. The number of amides is 1. The number of nitrogens with zero attached hydrogens (tertiary/aromatic N) is 4. The third kappa shape index (κ3) is 6.43. The van der Waals surface area contributed by atoms with Crippen molar-refractivity contribution in [3.8, 4) is 28.6 Å². The quantitative estimate of drug-likeness (QED) is 0.157. The van der Waals surface area contributed by atoms with Crippen molar-refractivity contribution >= 4 is 46.6 Å². The number of ether oxygens (including phenoxy) is 2. The summed E-state index contributed by atoms with van der Waals surface area (Å²) in [6.07, 6.45) is 0. The highest BCUT2D eigenvalue weighted by Crippen LogP contribution is 2.30. The highest BCUT2D eigenvalue weighted by molar-refractivity contribution is 7.99. The number of methoxy groups -OCH3 is 2. The van der Waals surface area contributed by atoms with Crippen LogP contribution in [0.4, 0.5) is 0 Å².